The summed E-state index contributed by atoms with van der Waals surface area (Å²) >= 11 is 5.41. The van der Waals surface area contributed by atoms with Crippen LogP contribution in [0.1, 0.15) is 23.2 Å². The molecular weight excluding hydrogens is 202 g/mol. The summed E-state index contributed by atoms with van der Waals surface area (Å²) in [4.78, 5) is 15.2. The molecule has 0 amide bonds. The van der Waals surface area contributed by atoms with Gasteiger partial charge in [0.2, 0.25) is 0 Å². The number of fused-ring (bicyclic) bond motifs is 1. The highest BCUT2D eigenvalue weighted by Gasteiger charge is 2.12. The SMILES string of the molecule is CCc1nc2c(C(=O)Cl)cccc2o1. The number of halogens is 1. The zero-order chi connectivity index (χ0) is 10.1. The molecule has 3 nitrogen and oxygen atoms in total. The van der Waals surface area contributed by atoms with Crippen LogP contribution in [0.15, 0.2) is 22.6 Å². The normalized spacial score (nSPS) is 10.7. The number of hydrogen-bond acceptors (Lipinski definition) is 3. The van der Waals surface area contributed by atoms with Crippen LogP contribution in [0.5, 0.6) is 0 Å². The van der Waals surface area contributed by atoms with Crippen molar-refractivity contribution in [2.24, 2.45) is 0 Å². The molecule has 72 valence electrons. The molecule has 0 saturated carbocycles. The number of carbonyl (C=O) groups is 1. The number of carbonyl (C=O) groups excluding carboxylic acids is 1. The van der Waals surface area contributed by atoms with Crippen LogP contribution in [-0.2, 0) is 6.42 Å². The van der Waals surface area contributed by atoms with Gasteiger partial charge in [-0.2, -0.15) is 0 Å². The minimum Gasteiger partial charge on any atom is -0.441 e. The topological polar surface area (TPSA) is 43.1 Å². The van der Waals surface area contributed by atoms with Crippen LogP contribution in [0.2, 0.25) is 0 Å². The minimum absolute atomic E-state index is 0.396. The second-order valence-electron chi connectivity index (χ2n) is 2.89. The fraction of sp³-hybridized carbons (Fsp3) is 0.200. The third-order valence-electron chi connectivity index (χ3n) is 1.98. The summed E-state index contributed by atoms with van der Waals surface area (Å²) in [6, 6.07) is 5.13. The molecule has 0 bridgehead atoms. The Morgan fingerprint density at radius 3 is 3.00 bits per heavy atom. The van der Waals surface area contributed by atoms with E-state index in [1.807, 2.05) is 6.92 Å². The summed E-state index contributed by atoms with van der Waals surface area (Å²) in [5.74, 6) is 0.616. The number of rotatable bonds is 2. The van der Waals surface area contributed by atoms with Crippen molar-refractivity contribution in [3.63, 3.8) is 0 Å². The van der Waals surface area contributed by atoms with E-state index in [4.69, 9.17) is 16.0 Å². The molecule has 0 fully saturated rings. The standard InChI is InChI=1S/C10H8ClNO2/c1-2-8-12-9-6(10(11)13)4-3-5-7(9)14-8/h3-5H,2H2,1H3. The molecule has 1 aromatic heterocycles. The predicted octanol–water partition coefficient (Wildman–Crippen LogP) is 2.77. The molecule has 2 rings (SSSR count). The average molecular weight is 210 g/mol. The van der Waals surface area contributed by atoms with Crippen LogP contribution in [0, 0.1) is 0 Å². The molecule has 0 unspecified atom stereocenters. The van der Waals surface area contributed by atoms with Crippen LogP contribution in [0.25, 0.3) is 11.1 Å². The number of aromatic nitrogens is 1. The lowest BCUT2D eigenvalue weighted by molar-refractivity contribution is 0.108. The molecule has 0 N–H and O–H groups in total. The third-order valence-corrected chi connectivity index (χ3v) is 2.18. The van der Waals surface area contributed by atoms with E-state index in [9.17, 15) is 4.79 Å². The van der Waals surface area contributed by atoms with Crippen molar-refractivity contribution in [1.82, 2.24) is 4.98 Å². The lowest BCUT2D eigenvalue weighted by Gasteiger charge is -1.91. The van der Waals surface area contributed by atoms with Gasteiger partial charge in [0.15, 0.2) is 11.5 Å². The Kier molecular flexibility index (Phi) is 2.25. The highest BCUT2D eigenvalue weighted by atomic mass is 35.5. The van der Waals surface area contributed by atoms with Gasteiger partial charge in [0.05, 0.1) is 5.56 Å². The summed E-state index contributed by atoms with van der Waals surface area (Å²) in [7, 11) is 0. The van der Waals surface area contributed by atoms with Crippen LogP contribution in [0.4, 0.5) is 0 Å². The van der Waals surface area contributed by atoms with Gasteiger partial charge < -0.3 is 4.42 Å². The Morgan fingerprint density at radius 1 is 1.57 bits per heavy atom. The van der Waals surface area contributed by atoms with Crippen molar-refractivity contribution in [1.29, 1.82) is 0 Å². The number of nitrogens with zero attached hydrogens (tertiary/aromatic N) is 1. The second-order valence-corrected chi connectivity index (χ2v) is 3.23. The van der Waals surface area contributed by atoms with E-state index in [-0.39, 0.29) is 0 Å². The zero-order valence-electron chi connectivity index (χ0n) is 7.58. The molecule has 1 aromatic carbocycles. The lowest BCUT2D eigenvalue weighted by atomic mass is 10.2. The van der Waals surface area contributed by atoms with E-state index < -0.39 is 5.24 Å². The summed E-state index contributed by atoms with van der Waals surface area (Å²) in [5, 5.41) is -0.508. The van der Waals surface area contributed by atoms with Crippen LogP contribution < -0.4 is 0 Å². The summed E-state index contributed by atoms with van der Waals surface area (Å²) in [6.45, 7) is 1.94. The van der Waals surface area contributed by atoms with Crippen molar-refractivity contribution in [3.05, 3.63) is 29.7 Å². The van der Waals surface area contributed by atoms with Crippen LogP contribution in [0.3, 0.4) is 0 Å². The quantitative estimate of drug-likeness (QED) is 0.715. The van der Waals surface area contributed by atoms with Crippen molar-refractivity contribution < 1.29 is 9.21 Å². The highest BCUT2D eigenvalue weighted by Crippen LogP contribution is 2.21. The van der Waals surface area contributed by atoms with Crippen molar-refractivity contribution in [2.45, 2.75) is 13.3 Å². The first-order valence-corrected chi connectivity index (χ1v) is 4.68. The van der Waals surface area contributed by atoms with Gasteiger partial charge in [0.1, 0.15) is 5.52 Å². The Hall–Kier alpha value is -1.35. The Balaban J connectivity index is 2.73. The molecule has 2 aromatic rings. The van der Waals surface area contributed by atoms with Gasteiger partial charge in [-0.3, -0.25) is 4.79 Å². The van der Waals surface area contributed by atoms with Crippen molar-refractivity contribution in [2.75, 3.05) is 0 Å². The van der Waals surface area contributed by atoms with Gasteiger partial charge in [-0.15, -0.1) is 0 Å². The van der Waals surface area contributed by atoms with E-state index in [0.29, 0.717) is 29.0 Å². The largest absolute Gasteiger partial charge is 0.441 e. The van der Waals surface area contributed by atoms with Crippen LogP contribution in [-0.4, -0.2) is 10.2 Å². The second kappa shape index (κ2) is 3.42. The van der Waals surface area contributed by atoms with E-state index >= 15 is 0 Å². The highest BCUT2D eigenvalue weighted by molar-refractivity contribution is 6.68. The van der Waals surface area contributed by atoms with Crippen molar-refractivity contribution in [3.8, 4) is 0 Å². The first-order valence-electron chi connectivity index (χ1n) is 4.30. The molecule has 4 heteroatoms. The molecule has 0 aliphatic heterocycles. The lowest BCUT2D eigenvalue weighted by Crippen LogP contribution is -1.89. The van der Waals surface area contributed by atoms with Gasteiger partial charge in [-0.25, -0.2) is 4.98 Å². The van der Waals surface area contributed by atoms with Gasteiger partial charge in [0.25, 0.3) is 5.24 Å². The maximum absolute atomic E-state index is 11.0. The number of oxazole rings is 1. The molecule has 0 saturated heterocycles. The maximum Gasteiger partial charge on any atom is 0.254 e. The Bertz CT molecular complexity index is 490. The molecule has 0 aliphatic rings. The minimum atomic E-state index is -0.508. The number of benzene rings is 1. The summed E-state index contributed by atoms with van der Waals surface area (Å²) in [6.07, 6.45) is 0.699. The van der Waals surface area contributed by atoms with Gasteiger partial charge in [-0.1, -0.05) is 13.0 Å². The summed E-state index contributed by atoms with van der Waals surface area (Å²) in [5.41, 5.74) is 1.55. The van der Waals surface area contributed by atoms with Gasteiger partial charge in [0, 0.05) is 6.42 Å². The molecule has 0 radical (unpaired) electrons. The fourth-order valence-electron chi connectivity index (χ4n) is 1.30. The number of aryl methyl sites for hydroxylation is 1. The molecular formula is C10H8ClNO2. The zero-order valence-corrected chi connectivity index (χ0v) is 8.34. The fourth-order valence-corrected chi connectivity index (χ4v) is 1.46. The molecule has 0 spiro atoms. The predicted molar refractivity (Wildman–Crippen MR) is 53.6 cm³/mol. The third kappa shape index (κ3) is 1.40. The Morgan fingerprint density at radius 2 is 2.36 bits per heavy atom. The van der Waals surface area contributed by atoms with Gasteiger partial charge >= 0.3 is 0 Å². The van der Waals surface area contributed by atoms with Crippen LogP contribution >= 0.6 is 11.6 Å². The average Bonchev–Trinajstić information content (AvgIpc) is 2.59. The van der Waals surface area contributed by atoms with E-state index in [0.717, 1.165) is 0 Å². The maximum atomic E-state index is 11.0. The molecule has 14 heavy (non-hydrogen) atoms. The van der Waals surface area contributed by atoms with E-state index in [2.05, 4.69) is 4.98 Å². The molecule has 0 atom stereocenters. The molecule has 0 aliphatic carbocycles. The number of para-hydroxylation sites is 1. The smallest absolute Gasteiger partial charge is 0.254 e. The first kappa shape index (κ1) is 9.21. The van der Waals surface area contributed by atoms with E-state index in [1.54, 1.807) is 18.2 Å². The first-order chi connectivity index (χ1) is 6.72. The van der Waals surface area contributed by atoms with Gasteiger partial charge in [-0.05, 0) is 23.7 Å². The summed E-state index contributed by atoms with van der Waals surface area (Å²) < 4.78 is 5.39. The van der Waals surface area contributed by atoms with E-state index in [1.165, 1.54) is 0 Å². The Labute approximate surface area is 85.7 Å². The van der Waals surface area contributed by atoms with Crippen molar-refractivity contribution >= 4 is 27.9 Å². The number of hydrogen-bond donors (Lipinski definition) is 0. The monoisotopic (exact) mass is 209 g/mol. The molecule has 1 heterocycles.